The van der Waals surface area contributed by atoms with Gasteiger partial charge in [0.15, 0.2) is 0 Å². The average Bonchev–Trinajstić information content (AvgIpc) is 2.56. The highest BCUT2D eigenvalue weighted by atomic mass is 16.1. The topological polar surface area (TPSA) is 35.6 Å². The molecule has 0 aromatic heterocycles. The summed E-state index contributed by atoms with van der Waals surface area (Å²) in [6, 6.07) is 10.5. The van der Waals surface area contributed by atoms with Gasteiger partial charge in [0.05, 0.1) is 0 Å². The van der Waals surface area contributed by atoms with Crippen LogP contribution in [0.5, 0.6) is 0 Å². The Morgan fingerprint density at radius 2 is 1.82 bits per heavy atom. The maximum absolute atomic E-state index is 12.3. The summed E-state index contributed by atoms with van der Waals surface area (Å²) in [4.78, 5) is 17.3. The molecule has 1 amide bonds. The first-order valence-electron chi connectivity index (χ1n) is 8.51. The molecule has 2 saturated heterocycles. The molecule has 2 aliphatic rings. The van der Waals surface area contributed by atoms with E-state index in [2.05, 4.69) is 22.2 Å². The minimum absolute atomic E-state index is 0.0656. The Bertz CT molecular complexity index is 482. The van der Waals surface area contributed by atoms with E-state index < -0.39 is 0 Å². The fourth-order valence-electron chi connectivity index (χ4n) is 3.67. The molecule has 2 fully saturated rings. The minimum atomic E-state index is 0.0656. The van der Waals surface area contributed by atoms with Gasteiger partial charge in [-0.3, -0.25) is 9.69 Å². The molecular formula is C18H27N3O. The number of hydrogen-bond donors (Lipinski definition) is 1. The zero-order valence-electron chi connectivity index (χ0n) is 13.5. The first-order chi connectivity index (χ1) is 10.7. The van der Waals surface area contributed by atoms with Crippen LogP contribution in [-0.4, -0.2) is 61.0 Å². The second-order valence-electron chi connectivity index (χ2n) is 6.71. The lowest BCUT2D eigenvalue weighted by Crippen LogP contribution is -2.53. The molecule has 1 aromatic carbocycles. The van der Waals surface area contributed by atoms with Gasteiger partial charge in [0.2, 0.25) is 0 Å². The van der Waals surface area contributed by atoms with E-state index in [1.54, 1.807) is 0 Å². The standard InChI is InChI=1S/C18H27N3O/c1-20-12-9-17(10-13-20)21-11-5-8-16(14-21)19-18(22)15-6-3-2-4-7-15/h2-4,6-7,16-17H,5,8-14H2,1H3,(H,19,22)/t16-/m1/s1. The van der Waals surface area contributed by atoms with Crippen molar-refractivity contribution in [1.82, 2.24) is 15.1 Å². The third-order valence-electron chi connectivity index (χ3n) is 5.03. The summed E-state index contributed by atoms with van der Waals surface area (Å²) in [7, 11) is 2.20. The number of likely N-dealkylation sites (tertiary alicyclic amines) is 2. The number of amides is 1. The molecule has 1 aromatic rings. The van der Waals surface area contributed by atoms with E-state index >= 15 is 0 Å². The Morgan fingerprint density at radius 3 is 2.55 bits per heavy atom. The van der Waals surface area contributed by atoms with Crippen LogP contribution in [0.1, 0.15) is 36.0 Å². The summed E-state index contributed by atoms with van der Waals surface area (Å²) in [6.07, 6.45) is 4.81. The Balaban J connectivity index is 1.53. The van der Waals surface area contributed by atoms with E-state index in [4.69, 9.17) is 0 Å². The Kier molecular flexibility index (Phi) is 5.11. The second kappa shape index (κ2) is 7.25. The van der Waals surface area contributed by atoms with Gasteiger partial charge >= 0.3 is 0 Å². The molecule has 4 nitrogen and oxygen atoms in total. The number of rotatable bonds is 3. The molecule has 0 unspecified atom stereocenters. The van der Waals surface area contributed by atoms with Gasteiger partial charge in [-0.25, -0.2) is 0 Å². The number of benzene rings is 1. The maximum atomic E-state index is 12.3. The SMILES string of the molecule is CN1CCC(N2CCC[C@@H](NC(=O)c3ccccc3)C2)CC1. The van der Waals surface area contributed by atoms with Crippen molar-refractivity contribution in [2.45, 2.75) is 37.8 Å². The van der Waals surface area contributed by atoms with Crippen LogP contribution in [0.4, 0.5) is 0 Å². The van der Waals surface area contributed by atoms with E-state index in [-0.39, 0.29) is 5.91 Å². The molecular weight excluding hydrogens is 274 g/mol. The van der Waals surface area contributed by atoms with Crippen molar-refractivity contribution in [2.24, 2.45) is 0 Å². The van der Waals surface area contributed by atoms with Gasteiger partial charge in [-0.15, -0.1) is 0 Å². The molecule has 4 heteroatoms. The zero-order chi connectivity index (χ0) is 15.4. The molecule has 0 spiro atoms. The van der Waals surface area contributed by atoms with Gasteiger partial charge in [0.25, 0.3) is 5.91 Å². The summed E-state index contributed by atoms with van der Waals surface area (Å²) >= 11 is 0. The lowest BCUT2D eigenvalue weighted by molar-refractivity contribution is 0.0766. The number of nitrogens with zero attached hydrogens (tertiary/aromatic N) is 2. The third kappa shape index (κ3) is 3.87. The van der Waals surface area contributed by atoms with E-state index in [1.807, 2.05) is 30.3 Å². The quantitative estimate of drug-likeness (QED) is 0.927. The highest BCUT2D eigenvalue weighted by molar-refractivity contribution is 5.94. The maximum Gasteiger partial charge on any atom is 0.251 e. The summed E-state index contributed by atoms with van der Waals surface area (Å²) in [6.45, 7) is 4.59. The van der Waals surface area contributed by atoms with Crippen molar-refractivity contribution in [3.8, 4) is 0 Å². The van der Waals surface area contributed by atoms with E-state index in [0.717, 1.165) is 18.5 Å². The molecule has 2 aliphatic heterocycles. The predicted octanol–water partition coefficient (Wildman–Crippen LogP) is 1.97. The fourth-order valence-corrected chi connectivity index (χ4v) is 3.67. The van der Waals surface area contributed by atoms with Crippen LogP contribution in [-0.2, 0) is 0 Å². The zero-order valence-corrected chi connectivity index (χ0v) is 13.5. The van der Waals surface area contributed by atoms with Crippen LogP contribution in [0.25, 0.3) is 0 Å². The molecule has 2 heterocycles. The second-order valence-corrected chi connectivity index (χ2v) is 6.71. The van der Waals surface area contributed by atoms with Crippen LogP contribution < -0.4 is 5.32 Å². The molecule has 3 rings (SSSR count). The number of hydrogen-bond acceptors (Lipinski definition) is 3. The number of carbonyl (C=O) groups excluding carboxylic acids is 1. The van der Waals surface area contributed by atoms with Crippen LogP contribution >= 0.6 is 0 Å². The molecule has 22 heavy (non-hydrogen) atoms. The first-order valence-corrected chi connectivity index (χ1v) is 8.51. The van der Waals surface area contributed by atoms with Crippen LogP contribution in [0.2, 0.25) is 0 Å². The predicted molar refractivity (Wildman–Crippen MR) is 89.0 cm³/mol. The highest BCUT2D eigenvalue weighted by Crippen LogP contribution is 2.20. The highest BCUT2D eigenvalue weighted by Gasteiger charge is 2.28. The molecule has 1 N–H and O–H groups in total. The van der Waals surface area contributed by atoms with Crippen molar-refractivity contribution in [3.05, 3.63) is 35.9 Å². The number of nitrogens with one attached hydrogen (secondary N) is 1. The Morgan fingerprint density at radius 1 is 1.09 bits per heavy atom. The Labute approximate surface area is 133 Å². The minimum Gasteiger partial charge on any atom is -0.348 e. The lowest BCUT2D eigenvalue weighted by Gasteiger charge is -2.41. The van der Waals surface area contributed by atoms with E-state index in [9.17, 15) is 4.79 Å². The Hall–Kier alpha value is -1.39. The third-order valence-corrected chi connectivity index (χ3v) is 5.03. The van der Waals surface area contributed by atoms with E-state index in [0.29, 0.717) is 12.1 Å². The summed E-state index contributed by atoms with van der Waals surface area (Å²) < 4.78 is 0. The van der Waals surface area contributed by atoms with Gasteiger partial charge in [-0.1, -0.05) is 18.2 Å². The van der Waals surface area contributed by atoms with Crippen LogP contribution in [0, 0.1) is 0 Å². The molecule has 0 bridgehead atoms. The summed E-state index contributed by atoms with van der Waals surface area (Å²) in [5, 5.41) is 3.22. The van der Waals surface area contributed by atoms with Crippen molar-refractivity contribution in [1.29, 1.82) is 0 Å². The molecule has 1 atom stereocenters. The largest absolute Gasteiger partial charge is 0.348 e. The van der Waals surface area contributed by atoms with Crippen molar-refractivity contribution < 1.29 is 4.79 Å². The molecule has 120 valence electrons. The van der Waals surface area contributed by atoms with Crippen LogP contribution in [0.15, 0.2) is 30.3 Å². The normalized spacial score (nSPS) is 25.0. The van der Waals surface area contributed by atoms with Crippen molar-refractivity contribution >= 4 is 5.91 Å². The van der Waals surface area contributed by atoms with Gasteiger partial charge < -0.3 is 10.2 Å². The lowest BCUT2D eigenvalue weighted by atomic mass is 9.98. The number of carbonyl (C=O) groups is 1. The van der Waals surface area contributed by atoms with E-state index in [1.165, 1.54) is 38.9 Å². The fraction of sp³-hybridized carbons (Fsp3) is 0.611. The number of piperidine rings is 2. The van der Waals surface area contributed by atoms with Gasteiger partial charge in [-0.05, 0) is 64.5 Å². The van der Waals surface area contributed by atoms with Crippen molar-refractivity contribution in [3.63, 3.8) is 0 Å². The smallest absolute Gasteiger partial charge is 0.251 e. The molecule has 0 aliphatic carbocycles. The monoisotopic (exact) mass is 301 g/mol. The summed E-state index contributed by atoms with van der Waals surface area (Å²) in [5.41, 5.74) is 0.763. The molecule has 0 saturated carbocycles. The van der Waals surface area contributed by atoms with Gasteiger partial charge in [-0.2, -0.15) is 0 Å². The van der Waals surface area contributed by atoms with Crippen LogP contribution in [0.3, 0.4) is 0 Å². The first kappa shape index (κ1) is 15.5. The average molecular weight is 301 g/mol. The molecule has 0 radical (unpaired) electrons. The van der Waals surface area contributed by atoms with Gasteiger partial charge in [0.1, 0.15) is 0 Å². The summed E-state index contributed by atoms with van der Waals surface area (Å²) in [5.74, 6) is 0.0656. The van der Waals surface area contributed by atoms with Crippen molar-refractivity contribution in [2.75, 3.05) is 33.2 Å². The van der Waals surface area contributed by atoms with Gasteiger partial charge in [0, 0.05) is 24.2 Å².